The third-order valence-electron chi connectivity index (χ3n) is 6.03. The Labute approximate surface area is 234 Å². The highest BCUT2D eigenvalue weighted by atomic mass is 35.5. The standard InChI is InChI=1S/C29H37ClN4O5/c1-17(2)22(23(35)27(38)31-16-19-10-8-7-9-11-19)33-25(36)18(3)32-28(39)24(29(4,5)6)34-26(37)20-12-14-21(30)15-13-20/h7-15,17-18,22,24H,16H2,1-6H3,(H,31,38)(H,32,39)(H,33,36)(H,34,37). The van der Waals surface area contributed by atoms with E-state index in [1.54, 1.807) is 58.9 Å². The van der Waals surface area contributed by atoms with E-state index in [-0.39, 0.29) is 12.5 Å². The lowest BCUT2D eigenvalue weighted by Gasteiger charge is -2.31. The number of ketones is 1. The van der Waals surface area contributed by atoms with E-state index in [2.05, 4.69) is 21.3 Å². The molecule has 2 aromatic rings. The van der Waals surface area contributed by atoms with Gasteiger partial charge >= 0.3 is 0 Å². The highest BCUT2D eigenvalue weighted by Gasteiger charge is 2.35. The number of hydrogen-bond donors (Lipinski definition) is 4. The van der Waals surface area contributed by atoms with Crippen molar-refractivity contribution in [2.45, 2.75) is 66.2 Å². The minimum absolute atomic E-state index is 0.173. The maximum absolute atomic E-state index is 13.1. The molecule has 0 fully saturated rings. The van der Waals surface area contributed by atoms with E-state index >= 15 is 0 Å². The third kappa shape index (κ3) is 9.51. The first kappa shape index (κ1) is 31.5. The van der Waals surface area contributed by atoms with Crippen molar-refractivity contribution in [3.63, 3.8) is 0 Å². The molecule has 3 unspecified atom stereocenters. The van der Waals surface area contributed by atoms with Gasteiger partial charge in [-0.3, -0.25) is 24.0 Å². The maximum atomic E-state index is 13.1. The molecule has 39 heavy (non-hydrogen) atoms. The molecule has 3 atom stereocenters. The second kappa shape index (κ2) is 13.9. The van der Waals surface area contributed by atoms with Gasteiger partial charge in [-0.05, 0) is 48.1 Å². The molecule has 0 saturated heterocycles. The van der Waals surface area contributed by atoms with Gasteiger partial charge in [0.2, 0.25) is 17.6 Å². The van der Waals surface area contributed by atoms with Crippen LogP contribution in [0.5, 0.6) is 0 Å². The molecule has 0 aliphatic carbocycles. The fourth-order valence-electron chi connectivity index (χ4n) is 3.67. The van der Waals surface area contributed by atoms with Crippen molar-refractivity contribution >= 4 is 41.0 Å². The van der Waals surface area contributed by atoms with Gasteiger partial charge in [-0.15, -0.1) is 0 Å². The lowest BCUT2D eigenvalue weighted by atomic mass is 9.85. The van der Waals surface area contributed by atoms with Gasteiger partial charge in [-0.2, -0.15) is 0 Å². The van der Waals surface area contributed by atoms with Gasteiger partial charge in [0.25, 0.3) is 11.8 Å². The lowest BCUT2D eigenvalue weighted by molar-refractivity contribution is -0.141. The number of carbonyl (C=O) groups excluding carboxylic acids is 5. The highest BCUT2D eigenvalue weighted by Crippen LogP contribution is 2.20. The van der Waals surface area contributed by atoms with Crippen LogP contribution in [0, 0.1) is 11.3 Å². The Kier molecular flexibility index (Phi) is 11.2. The summed E-state index contributed by atoms with van der Waals surface area (Å²) in [5.74, 6) is -3.65. The molecule has 0 heterocycles. The number of rotatable bonds is 11. The van der Waals surface area contributed by atoms with Crippen molar-refractivity contribution in [2.75, 3.05) is 0 Å². The number of Topliss-reactive ketones (excluding diaryl/α,β-unsaturated/α-hetero) is 1. The first-order valence-electron chi connectivity index (χ1n) is 12.7. The summed E-state index contributed by atoms with van der Waals surface area (Å²) in [5.41, 5.74) is 0.475. The second-order valence-electron chi connectivity index (χ2n) is 10.8. The van der Waals surface area contributed by atoms with Crippen molar-refractivity contribution in [1.82, 2.24) is 21.3 Å². The van der Waals surface area contributed by atoms with Crippen molar-refractivity contribution in [2.24, 2.45) is 11.3 Å². The van der Waals surface area contributed by atoms with Gasteiger partial charge in [0, 0.05) is 17.1 Å². The first-order chi connectivity index (χ1) is 18.2. The Bertz CT molecular complexity index is 1180. The van der Waals surface area contributed by atoms with Crippen LogP contribution in [-0.4, -0.2) is 47.5 Å². The minimum Gasteiger partial charge on any atom is -0.345 e. The zero-order valence-corrected chi connectivity index (χ0v) is 23.9. The average molecular weight is 557 g/mol. The molecule has 9 nitrogen and oxygen atoms in total. The lowest BCUT2D eigenvalue weighted by Crippen LogP contribution is -2.59. The summed E-state index contributed by atoms with van der Waals surface area (Å²) in [5, 5.41) is 11.0. The zero-order valence-electron chi connectivity index (χ0n) is 23.1. The van der Waals surface area contributed by atoms with E-state index < -0.39 is 53.0 Å². The number of halogens is 1. The summed E-state index contributed by atoms with van der Waals surface area (Å²) < 4.78 is 0. The van der Waals surface area contributed by atoms with E-state index in [4.69, 9.17) is 11.6 Å². The van der Waals surface area contributed by atoms with E-state index in [9.17, 15) is 24.0 Å². The topological polar surface area (TPSA) is 133 Å². The number of hydrogen-bond acceptors (Lipinski definition) is 5. The Morgan fingerprint density at radius 2 is 1.38 bits per heavy atom. The molecule has 0 aliphatic rings. The molecule has 0 aliphatic heterocycles. The Hall–Kier alpha value is -3.72. The maximum Gasteiger partial charge on any atom is 0.289 e. The van der Waals surface area contributed by atoms with Crippen LogP contribution in [-0.2, 0) is 25.7 Å². The molecule has 0 radical (unpaired) electrons. The van der Waals surface area contributed by atoms with Crippen LogP contribution in [0.4, 0.5) is 0 Å². The second-order valence-corrected chi connectivity index (χ2v) is 11.2. The zero-order chi connectivity index (χ0) is 29.3. The predicted molar refractivity (Wildman–Crippen MR) is 150 cm³/mol. The van der Waals surface area contributed by atoms with Gasteiger partial charge in [-0.25, -0.2) is 0 Å². The summed E-state index contributed by atoms with van der Waals surface area (Å²) in [6.45, 7) is 10.4. The van der Waals surface area contributed by atoms with E-state index in [0.717, 1.165) is 5.56 Å². The Balaban J connectivity index is 2.03. The van der Waals surface area contributed by atoms with Crippen molar-refractivity contribution in [3.05, 3.63) is 70.7 Å². The van der Waals surface area contributed by atoms with Crippen LogP contribution in [0.2, 0.25) is 5.02 Å². The number of benzene rings is 2. The van der Waals surface area contributed by atoms with Gasteiger partial charge in [0.1, 0.15) is 12.1 Å². The van der Waals surface area contributed by atoms with Crippen LogP contribution in [0.25, 0.3) is 0 Å². The van der Waals surface area contributed by atoms with Crippen LogP contribution in [0.3, 0.4) is 0 Å². The SMILES string of the molecule is CC(NC(=O)C(NC(=O)c1ccc(Cl)cc1)C(C)(C)C)C(=O)NC(C(=O)C(=O)NCc1ccccc1)C(C)C. The number of carbonyl (C=O) groups is 5. The predicted octanol–water partition coefficient (Wildman–Crippen LogP) is 3.02. The van der Waals surface area contributed by atoms with Crippen LogP contribution >= 0.6 is 11.6 Å². The molecule has 4 amide bonds. The smallest absolute Gasteiger partial charge is 0.289 e. The van der Waals surface area contributed by atoms with Gasteiger partial charge in [0.05, 0.1) is 6.04 Å². The van der Waals surface area contributed by atoms with Crippen molar-refractivity contribution in [3.8, 4) is 0 Å². The summed E-state index contributed by atoms with van der Waals surface area (Å²) in [6, 6.07) is 12.3. The number of amides is 4. The van der Waals surface area contributed by atoms with Crippen molar-refractivity contribution < 1.29 is 24.0 Å². The molecule has 0 bridgehead atoms. The highest BCUT2D eigenvalue weighted by molar-refractivity contribution is 6.38. The molecule has 210 valence electrons. The van der Waals surface area contributed by atoms with E-state index in [1.807, 2.05) is 30.3 Å². The van der Waals surface area contributed by atoms with E-state index in [0.29, 0.717) is 10.6 Å². The quantitative estimate of drug-likeness (QED) is 0.316. The average Bonchev–Trinajstić information content (AvgIpc) is 2.88. The van der Waals surface area contributed by atoms with Gasteiger partial charge in [-0.1, -0.05) is 76.6 Å². The molecule has 0 aromatic heterocycles. The summed E-state index contributed by atoms with van der Waals surface area (Å²) in [7, 11) is 0. The molecule has 4 N–H and O–H groups in total. The van der Waals surface area contributed by atoms with Crippen LogP contribution in [0.1, 0.15) is 57.5 Å². The van der Waals surface area contributed by atoms with Crippen LogP contribution < -0.4 is 21.3 Å². The molecular weight excluding hydrogens is 520 g/mol. The minimum atomic E-state index is -1.09. The summed E-state index contributed by atoms with van der Waals surface area (Å²) in [4.78, 5) is 64.2. The van der Waals surface area contributed by atoms with Gasteiger partial charge in [0.15, 0.2) is 0 Å². The largest absolute Gasteiger partial charge is 0.345 e. The molecule has 0 saturated carbocycles. The van der Waals surface area contributed by atoms with Crippen LogP contribution in [0.15, 0.2) is 54.6 Å². The van der Waals surface area contributed by atoms with Crippen molar-refractivity contribution in [1.29, 1.82) is 0 Å². The molecule has 0 spiro atoms. The third-order valence-corrected chi connectivity index (χ3v) is 6.28. The fraction of sp³-hybridized carbons (Fsp3) is 0.414. The van der Waals surface area contributed by atoms with E-state index in [1.165, 1.54) is 6.92 Å². The molecular formula is C29H37ClN4O5. The fourth-order valence-corrected chi connectivity index (χ4v) is 3.80. The first-order valence-corrected chi connectivity index (χ1v) is 13.1. The van der Waals surface area contributed by atoms with Gasteiger partial charge < -0.3 is 21.3 Å². The molecule has 10 heteroatoms. The normalized spacial score (nSPS) is 13.5. The molecule has 2 rings (SSSR count). The monoisotopic (exact) mass is 556 g/mol. The number of nitrogens with one attached hydrogen (secondary N) is 4. The Morgan fingerprint density at radius 3 is 1.92 bits per heavy atom. The molecule has 2 aromatic carbocycles. The summed E-state index contributed by atoms with van der Waals surface area (Å²) >= 11 is 5.89. The summed E-state index contributed by atoms with van der Waals surface area (Å²) in [6.07, 6.45) is 0. The Morgan fingerprint density at radius 1 is 0.795 bits per heavy atom.